The number of sulfonamides is 1. The number of pyridine rings is 1. The van der Waals surface area contributed by atoms with Gasteiger partial charge in [0.2, 0.25) is 10.0 Å². The van der Waals surface area contributed by atoms with Crippen molar-refractivity contribution in [2.75, 3.05) is 5.32 Å². The first-order valence-electron chi connectivity index (χ1n) is 7.69. The number of aryl methyl sites for hydroxylation is 1. The highest BCUT2D eigenvalue weighted by atomic mass is 79.9. The molecule has 0 radical (unpaired) electrons. The van der Waals surface area contributed by atoms with Crippen molar-refractivity contribution in [1.82, 2.24) is 9.71 Å². The lowest BCUT2D eigenvalue weighted by atomic mass is 10.1. The molecule has 2 rings (SSSR count). The maximum Gasteiger partial charge on any atom is 0.216 e. The van der Waals surface area contributed by atoms with Crippen molar-refractivity contribution in [3.8, 4) is 0 Å². The van der Waals surface area contributed by atoms with Crippen LogP contribution in [0, 0.1) is 6.92 Å². The molecule has 5 nitrogen and oxygen atoms in total. The van der Waals surface area contributed by atoms with E-state index < -0.39 is 10.0 Å². The lowest BCUT2D eigenvalue weighted by molar-refractivity contribution is 0.569. The lowest BCUT2D eigenvalue weighted by Gasteiger charge is -2.14. The van der Waals surface area contributed by atoms with E-state index in [1.807, 2.05) is 51.1 Å². The molecule has 0 atom stereocenters. The van der Waals surface area contributed by atoms with E-state index in [1.54, 1.807) is 6.20 Å². The number of hydrogen-bond acceptors (Lipinski definition) is 4. The standard InChI is InChI=1S/C17H22BrN3O2S/c1-12(2)21-24(22,23)11-15-7-5-4-6-14(15)9-19-17-13(3)8-16(18)10-20-17/h4-8,10,12,21H,9,11H2,1-3H3,(H,19,20). The zero-order valence-electron chi connectivity index (χ0n) is 14.0. The molecule has 0 saturated heterocycles. The summed E-state index contributed by atoms with van der Waals surface area (Å²) in [6.07, 6.45) is 1.73. The van der Waals surface area contributed by atoms with Crippen LogP contribution in [0.4, 0.5) is 5.82 Å². The van der Waals surface area contributed by atoms with Crippen LogP contribution in [0.1, 0.15) is 30.5 Å². The Kier molecular flexibility index (Phi) is 6.37. The van der Waals surface area contributed by atoms with Gasteiger partial charge in [0.1, 0.15) is 5.82 Å². The Hall–Kier alpha value is -1.44. The third-order valence-electron chi connectivity index (χ3n) is 3.37. The van der Waals surface area contributed by atoms with E-state index in [2.05, 4.69) is 31.0 Å². The molecule has 0 aliphatic carbocycles. The van der Waals surface area contributed by atoms with Gasteiger partial charge in [-0.05, 0) is 59.5 Å². The molecule has 0 bridgehead atoms. The Morgan fingerprint density at radius 3 is 2.50 bits per heavy atom. The van der Waals surface area contributed by atoms with Crippen LogP contribution in [0.5, 0.6) is 0 Å². The summed E-state index contributed by atoms with van der Waals surface area (Å²) in [6.45, 7) is 6.12. The molecule has 0 aliphatic heterocycles. The summed E-state index contributed by atoms with van der Waals surface area (Å²) < 4.78 is 27.9. The van der Waals surface area contributed by atoms with Crippen molar-refractivity contribution in [2.45, 2.75) is 39.1 Å². The minimum atomic E-state index is -3.35. The summed E-state index contributed by atoms with van der Waals surface area (Å²) in [5.74, 6) is 0.756. The van der Waals surface area contributed by atoms with Crippen LogP contribution >= 0.6 is 15.9 Å². The fourth-order valence-electron chi connectivity index (χ4n) is 2.38. The molecule has 0 aliphatic rings. The highest BCUT2D eigenvalue weighted by Crippen LogP contribution is 2.19. The minimum absolute atomic E-state index is 0.0320. The van der Waals surface area contributed by atoms with Crippen LogP contribution < -0.4 is 10.0 Å². The predicted molar refractivity (Wildman–Crippen MR) is 101 cm³/mol. The molecular weight excluding hydrogens is 390 g/mol. The first-order valence-corrected chi connectivity index (χ1v) is 10.1. The van der Waals surface area contributed by atoms with Crippen LogP contribution in [0.2, 0.25) is 0 Å². The Balaban J connectivity index is 2.14. The summed E-state index contributed by atoms with van der Waals surface area (Å²) in [7, 11) is -3.35. The van der Waals surface area contributed by atoms with E-state index >= 15 is 0 Å². The van der Waals surface area contributed by atoms with Gasteiger partial charge in [0.15, 0.2) is 0 Å². The molecule has 2 aromatic rings. The van der Waals surface area contributed by atoms with Gasteiger partial charge < -0.3 is 5.32 Å². The van der Waals surface area contributed by atoms with Crippen LogP contribution in [0.15, 0.2) is 41.0 Å². The van der Waals surface area contributed by atoms with Crippen molar-refractivity contribution >= 4 is 31.8 Å². The Labute approximate surface area is 152 Å². The Bertz CT molecular complexity index is 807. The molecule has 0 saturated carbocycles. The van der Waals surface area contributed by atoms with Gasteiger partial charge in [0.25, 0.3) is 0 Å². The van der Waals surface area contributed by atoms with Crippen molar-refractivity contribution < 1.29 is 8.42 Å². The van der Waals surface area contributed by atoms with Gasteiger partial charge in [0, 0.05) is 23.3 Å². The van der Waals surface area contributed by atoms with E-state index in [9.17, 15) is 8.42 Å². The lowest BCUT2D eigenvalue weighted by Crippen LogP contribution is -2.31. The van der Waals surface area contributed by atoms with Gasteiger partial charge in [-0.15, -0.1) is 0 Å². The second-order valence-corrected chi connectivity index (χ2v) is 8.64. The molecule has 1 aromatic carbocycles. The quantitative estimate of drug-likeness (QED) is 0.729. The minimum Gasteiger partial charge on any atom is -0.366 e. The fourth-order valence-corrected chi connectivity index (χ4v) is 4.32. The number of hydrogen-bond donors (Lipinski definition) is 2. The molecule has 130 valence electrons. The topological polar surface area (TPSA) is 71.1 Å². The summed E-state index contributed by atoms with van der Waals surface area (Å²) in [5, 5.41) is 3.28. The molecule has 2 N–H and O–H groups in total. The van der Waals surface area contributed by atoms with Gasteiger partial charge in [0.05, 0.1) is 5.75 Å². The predicted octanol–water partition coefficient (Wildman–Crippen LogP) is 3.59. The molecular formula is C17H22BrN3O2S. The highest BCUT2D eigenvalue weighted by molar-refractivity contribution is 9.10. The zero-order valence-corrected chi connectivity index (χ0v) is 16.4. The highest BCUT2D eigenvalue weighted by Gasteiger charge is 2.15. The van der Waals surface area contributed by atoms with Crippen LogP contribution in [-0.4, -0.2) is 19.4 Å². The van der Waals surface area contributed by atoms with E-state index in [0.29, 0.717) is 6.54 Å². The maximum absolute atomic E-state index is 12.2. The van der Waals surface area contributed by atoms with E-state index in [1.165, 1.54) is 0 Å². The largest absolute Gasteiger partial charge is 0.366 e. The molecule has 0 spiro atoms. The average molecular weight is 412 g/mol. The van der Waals surface area contributed by atoms with Crippen LogP contribution in [-0.2, 0) is 22.3 Å². The number of anilines is 1. The molecule has 0 fully saturated rings. The number of halogens is 1. The maximum atomic E-state index is 12.2. The normalized spacial score (nSPS) is 11.7. The molecule has 0 amide bonds. The van der Waals surface area contributed by atoms with E-state index in [4.69, 9.17) is 0 Å². The first-order chi connectivity index (χ1) is 11.3. The third kappa shape index (κ3) is 5.58. The second-order valence-electron chi connectivity index (χ2n) is 5.97. The van der Waals surface area contributed by atoms with Crippen molar-refractivity contribution in [2.24, 2.45) is 0 Å². The van der Waals surface area contributed by atoms with Gasteiger partial charge in [-0.1, -0.05) is 24.3 Å². The number of nitrogens with zero attached hydrogens (tertiary/aromatic N) is 1. The van der Waals surface area contributed by atoms with Crippen LogP contribution in [0.3, 0.4) is 0 Å². The Morgan fingerprint density at radius 2 is 1.88 bits per heavy atom. The van der Waals surface area contributed by atoms with Gasteiger partial charge >= 0.3 is 0 Å². The SMILES string of the molecule is Cc1cc(Br)cnc1NCc1ccccc1CS(=O)(=O)NC(C)C. The average Bonchev–Trinajstić information content (AvgIpc) is 2.46. The first kappa shape index (κ1) is 18.9. The summed E-state index contributed by atoms with van der Waals surface area (Å²) in [4.78, 5) is 4.35. The molecule has 7 heteroatoms. The second kappa shape index (κ2) is 8.09. The number of aromatic nitrogens is 1. The molecule has 24 heavy (non-hydrogen) atoms. The number of rotatable bonds is 7. The van der Waals surface area contributed by atoms with Crippen molar-refractivity contribution in [1.29, 1.82) is 0 Å². The number of nitrogens with one attached hydrogen (secondary N) is 2. The third-order valence-corrected chi connectivity index (χ3v) is 5.33. The van der Waals surface area contributed by atoms with E-state index in [-0.39, 0.29) is 11.8 Å². The van der Waals surface area contributed by atoms with Crippen molar-refractivity contribution in [3.05, 3.63) is 57.7 Å². The summed E-state index contributed by atoms with van der Waals surface area (Å²) >= 11 is 3.39. The van der Waals surface area contributed by atoms with Crippen LogP contribution in [0.25, 0.3) is 0 Å². The van der Waals surface area contributed by atoms with Gasteiger partial charge in [-0.25, -0.2) is 18.1 Å². The van der Waals surface area contributed by atoms with Gasteiger partial charge in [-0.3, -0.25) is 0 Å². The molecule has 1 aromatic heterocycles. The summed E-state index contributed by atoms with van der Waals surface area (Å²) in [6, 6.07) is 9.41. The van der Waals surface area contributed by atoms with Gasteiger partial charge in [-0.2, -0.15) is 0 Å². The Morgan fingerprint density at radius 1 is 1.21 bits per heavy atom. The summed E-state index contributed by atoms with van der Waals surface area (Å²) in [5.41, 5.74) is 2.75. The molecule has 0 unspecified atom stereocenters. The smallest absolute Gasteiger partial charge is 0.216 e. The zero-order chi connectivity index (χ0) is 17.7. The fraction of sp³-hybridized carbons (Fsp3) is 0.353. The monoisotopic (exact) mass is 411 g/mol. The molecule has 1 heterocycles. The van der Waals surface area contributed by atoms with Crippen molar-refractivity contribution in [3.63, 3.8) is 0 Å². The van der Waals surface area contributed by atoms with E-state index in [0.717, 1.165) is 27.0 Å². The number of benzene rings is 1.